The molecule has 0 spiro atoms. The van der Waals surface area contributed by atoms with Crippen molar-refractivity contribution in [2.45, 2.75) is 0 Å². The molecule has 0 unspecified atom stereocenters. The molecule has 1 aromatic heterocycles. The van der Waals surface area contributed by atoms with Gasteiger partial charge in [-0.25, -0.2) is 9.37 Å². The molecule has 0 aliphatic carbocycles. The summed E-state index contributed by atoms with van der Waals surface area (Å²) in [5, 5.41) is 10.5. The van der Waals surface area contributed by atoms with Gasteiger partial charge in [-0.2, -0.15) is 0 Å². The van der Waals surface area contributed by atoms with Gasteiger partial charge in [0.05, 0.1) is 10.2 Å². The zero-order valence-corrected chi connectivity index (χ0v) is 14.0. The van der Waals surface area contributed by atoms with Gasteiger partial charge in [0.2, 0.25) is 0 Å². The van der Waals surface area contributed by atoms with Crippen LogP contribution in [0.15, 0.2) is 66.7 Å². The zero-order valence-electron chi connectivity index (χ0n) is 13.2. The highest BCUT2D eigenvalue weighted by atomic mass is 32.1. The van der Waals surface area contributed by atoms with Gasteiger partial charge in [-0.15, -0.1) is 11.3 Å². The fraction of sp³-hybridized carbons (Fsp3) is 0. The van der Waals surface area contributed by atoms with Gasteiger partial charge in [-0.3, -0.25) is 0 Å². The van der Waals surface area contributed by atoms with Crippen LogP contribution in [0, 0.1) is 5.82 Å². The van der Waals surface area contributed by atoms with Crippen LogP contribution in [0.5, 0.6) is 5.75 Å². The zero-order chi connectivity index (χ0) is 17.2. The summed E-state index contributed by atoms with van der Waals surface area (Å²) in [6.07, 6.45) is 3.95. The SMILES string of the molecule is Oc1ccc2nc(-c3ccc(/C=C/c4ccc(F)cc4)cc3)sc2c1. The molecule has 0 amide bonds. The van der Waals surface area contributed by atoms with Crippen LogP contribution in [0.25, 0.3) is 32.9 Å². The minimum Gasteiger partial charge on any atom is -0.508 e. The number of thiazole rings is 1. The van der Waals surface area contributed by atoms with Crippen LogP contribution in [0.4, 0.5) is 4.39 Å². The molecule has 25 heavy (non-hydrogen) atoms. The third kappa shape index (κ3) is 3.44. The molecule has 122 valence electrons. The number of rotatable bonds is 3. The van der Waals surface area contributed by atoms with Crippen LogP contribution in [0.2, 0.25) is 0 Å². The first-order valence-corrected chi connectivity index (χ1v) is 8.63. The number of phenolic OH excluding ortho intramolecular Hbond substituents is 1. The van der Waals surface area contributed by atoms with Gasteiger partial charge in [0.25, 0.3) is 0 Å². The largest absolute Gasteiger partial charge is 0.508 e. The summed E-state index contributed by atoms with van der Waals surface area (Å²) in [6, 6.07) is 19.7. The third-order valence-electron chi connectivity index (χ3n) is 3.87. The lowest BCUT2D eigenvalue weighted by atomic mass is 10.1. The molecule has 4 aromatic rings. The highest BCUT2D eigenvalue weighted by Crippen LogP contribution is 2.32. The maximum absolute atomic E-state index is 12.9. The summed E-state index contributed by atoms with van der Waals surface area (Å²) in [6.45, 7) is 0. The van der Waals surface area contributed by atoms with E-state index >= 15 is 0 Å². The fourth-order valence-corrected chi connectivity index (χ4v) is 3.54. The number of phenols is 1. The van der Waals surface area contributed by atoms with Crippen molar-refractivity contribution in [1.29, 1.82) is 0 Å². The fourth-order valence-electron chi connectivity index (χ4n) is 2.54. The van der Waals surface area contributed by atoms with Crippen molar-refractivity contribution >= 4 is 33.7 Å². The maximum Gasteiger partial charge on any atom is 0.124 e. The average Bonchev–Trinajstić information content (AvgIpc) is 3.05. The van der Waals surface area contributed by atoms with Crippen molar-refractivity contribution in [3.8, 4) is 16.3 Å². The van der Waals surface area contributed by atoms with Crippen molar-refractivity contribution in [3.05, 3.63) is 83.7 Å². The summed E-state index contributed by atoms with van der Waals surface area (Å²) in [7, 11) is 0. The van der Waals surface area contributed by atoms with Crippen molar-refractivity contribution in [2.75, 3.05) is 0 Å². The average molecular weight is 347 g/mol. The summed E-state index contributed by atoms with van der Waals surface area (Å²) in [5.74, 6) is 0.0228. The van der Waals surface area contributed by atoms with E-state index in [-0.39, 0.29) is 11.6 Å². The molecule has 0 atom stereocenters. The smallest absolute Gasteiger partial charge is 0.124 e. The molecular weight excluding hydrogens is 333 g/mol. The minimum absolute atomic E-state index is 0.231. The Bertz CT molecular complexity index is 1050. The Morgan fingerprint density at radius 3 is 2.16 bits per heavy atom. The first kappa shape index (κ1) is 15.5. The van der Waals surface area contributed by atoms with E-state index in [1.165, 1.54) is 12.1 Å². The molecule has 0 fully saturated rings. The molecule has 0 saturated heterocycles. The first-order chi connectivity index (χ1) is 12.2. The van der Waals surface area contributed by atoms with Gasteiger partial charge in [0.15, 0.2) is 0 Å². The number of hydrogen-bond acceptors (Lipinski definition) is 3. The highest BCUT2D eigenvalue weighted by Gasteiger charge is 2.06. The molecule has 2 nitrogen and oxygen atoms in total. The predicted molar refractivity (Wildman–Crippen MR) is 102 cm³/mol. The van der Waals surface area contributed by atoms with Gasteiger partial charge < -0.3 is 5.11 Å². The van der Waals surface area contributed by atoms with Gasteiger partial charge >= 0.3 is 0 Å². The number of halogens is 1. The lowest BCUT2D eigenvalue weighted by Gasteiger charge is -1.98. The van der Waals surface area contributed by atoms with Crippen LogP contribution in [-0.4, -0.2) is 10.1 Å². The number of hydrogen-bond donors (Lipinski definition) is 1. The Labute approximate surface area is 148 Å². The van der Waals surface area contributed by atoms with Gasteiger partial charge in [-0.1, -0.05) is 48.6 Å². The number of fused-ring (bicyclic) bond motifs is 1. The number of aromatic nitrogens is 1. The van der Waals surface area contributed by atoms with E-state index in [1.54, 1.807) is 35.6 Å². The standard InChI is InChI=1S/C21H14FNOS/c22-17-9-5-15(6-10-17)2-1-14-3-7-16(8-4-14)21-23-19-12-11-18(24)13-20(19)25-21/h1-13,24H/b2-1+. The number of benzene rings is 3. The predicted octanol–water partition coefficient (Wildman–Crippen LogP) is 5.98. The van der Waals surface area contributed by atoms with Crippen LogP contribution >= 0.6 is 11.3 Å². The molecule has 3 aromatic carbocycles. The van der Waals surface area contributed by atoms with Crippen molar-refractivity contribution < 1.29 is 9.50 Å². The maximum atomic E-state index is 12.9. The topological polar surface area (TPSA) is 33.1 Å². The first-order valence-electron chi connectivity index (χ1n) is 7.81. The Hall–Kier alpha value is -2.98. The summed E-state index contributed by atoms with van der Waals surface area (Å²) >= 11 is 1.56. The molecule has 0 saturated carbocycles. The van der Waals surface area contributed by atoms with E-state index in [9.17, 15) is 9.50 Å². The van der Waals surface area contributed by atoms with Crippen LogP contribution in [-0.2, 0) is 0 Å². The molecule has 4 rings (SSSR count). The normalized spacial score (nSPS) is 11.4. The third-order valence-corrected chi connectivity index (χ3v) is 4.94. The highest BCUT2D eigenvalue weighted by molar-refractivity contribution is 7.21. The second-order valence-corrected chi connectivity index (χ2v) is 6.71. The Kier molecular flexibility index (Phi) is 4.04. The molecule has 0 bridgehead atoms. The quantitative estimate of drug-likeness (QED) is 0.463. The molecule has 1 heterocycles. The van der Waals surface area contributed by atoms with Gasteiger partial charge in [-0.05, 0) is 41.5 Å². The van der Waals surface area contributed by atoms with Crippen molar-refractivity contribution in [1.82, 2.24) is 4.98 Å². The Morgan fingerprint density at radius 2 is 1.48 bits per heavy atom. The minimum atomic E-state index is -0.231. The van der Waals surface area contributed by atoms with E-state index in [0.717, 1.165) is 31.9 Å². The van der Waals surface area contributed by atoms with Gasteiger partial charge in [0.1, 0.15) is 16.6 Å². The molecular formula is C21H14FNOS. The van der Waals surface area contributed by atoms with E-state index < -0.39 is 0 Å². The Balaban J connectivity index is 1.57. The molecule has 0 aliphatic rings. The number of aromatic hydroxyl groups is 1. The second-order valence-electron chi connectivity index (χ2n) is 5.68. The van der Waals surface area contributed by atoms with Crippen LogP contribution < -0.4 is 0 Å². The van der Waals surface area contributed by atoms with Crippen LogP contribution in [0.3, 0.4) is 0 Å². The second kappa shape index (κ2) is 6.49. The molecule has 1 N–H and O–H groups in total. The van der Waals surface area contributed by atoms with E-state index in [0.29, 0.717) is 0 Å². The van der Waals surface area contributed by atoms with E-state index in [4.69, 9.17) is 0 Å². The molecule has 0 radical (unpaired) electrons. The van der Waals surface area contributed by atoms with Crippen LogP contribution in [0.1, 0.15) is 11.1 Å². The monoisotopic (exact) mass is 347 g/mol. The molecule has 0 aliphatic heterocycles. The van der Waals surface area contributed by atoms with E-state index in [2.05, 4.69) is 4.98 Å². The summed E-state index contributed by atoms with van der Waals surface area (Å²) < 4.78 is 13.9. The summed E-state index contributed by atoms with van der Waals surface area (Å²) in [5.41, 5.74) is 3.95. The van der Waals surface area contributed by atoms with E-state index in [1.807, 2.05) is 42.5 Å². The molecule has 4 heteroatoms. The lowest BCUT2D eigenvalue weighted by molar-refractivity contribution is 0.476. The van der Waals surface area contributed by atoms with Crippen molar-refractivity contribution in [3.63, 3.8) is 0 Å². The van der Waals surface area contributed by atoms with Crippen molar-refractivity contribution in [2.24, 2.45) is 0 Å². The van der Waals surface area contributed by atoms with Gasteiger partial charge in [0, 0.05) is 5.56 Å². The lowest BCUT2D eigenvalue weighted by Crippen LogP contribution is -1.78. The number of nitrogens with zero attached hydrogens (tertiary/aromatic N) is 1. The summed E-state index contributed by atoms with van der Waals surface area (Å²) in [4.78, 5) is 4.61. The Morgan fingerprint density at radius 1 is 0.840 bits per heavy atom.